The monoisotopic (exact) mass is 415 g/mol. The summed E-state index contributed by atoms with van der Waals surface area (Å²) in [6.45, 7) is 4.00. The van der Waals surface area contributed by atoms with Gasteiger partial charge < -0.3 is 10.2 Å². The van der Waals surface area contributed by atoms with Gasteiger partial charge in [0.05, 0.1) is 4.90 Å². The number of amides is 1. The zero-order chi connectivity index (χ0) is 18.7. The Hall–Kier alpha value is -1.15. The minimum Gasteiger partial charge on any atom is -0.334 e. The molecule has 0 aliphatic carbocycles. The number of rotatable bonds is 5. The van der Waals surface area contributed by atoms with E-state index >= 15 is 0 Å². The number of likely N-dealkylation sites (N-methyl/N-ethyl adjacent to an activating group) is 1. The summed E-state index contributed by atoms with van der Waals surface area (Å²) < 4.78 is 27.7. The van der Waals surface area contributed by atoms with Gasteiger partial charge in [-0.2, -0.15) is 4.31 Å². The molecule has 1 amide bonds. The van der Waals surface area contributed by atoms with Crippen LogP contribution in [0.5, 0.6) is 0 Å². The molecule has 0 radical (unpaired) electrons. The molecule has 2 unspecified atom stereocenters. The first-order valence-corrected chi connectivity index (χ1v) is 11.0. The number of hydrogen-bond donors (Lipinski definition) is 1. The van der Waals surface area contributed by atoms with Crippen LogP contribution in [0, 0.1) is 0 Å². The van der Waals surface area contributed by atoms with E-state index in [0.717, 1.165) is 45.2 Å². The summed E-state index contributed by atoms with van der Waals surface area (Å²) in [5.41, 5.74) is 0.457. The maximum atomic E-state index is 13.1. The first kappa shape index (κ1) is 22.1. The van der Waals surface area contributed by atoms with E-state index in [9.17, 15) is 13.2 Å². The van der Waals surface area contributed by atoms with Crippen LogP contribution in [0.3, 0.4) is 0 Å². The van der Waals surface area contributed by atoms with Crippen LogP contribution in [0.15, 0.2) is 29.2 Å². The van der Waals surface area contributed by atoms with Gasteiger partial charge in [-0.15, -0.1) is 12.4 Å². The summed E-state index contributed by atoms with van der Waals surface area (Å²) in [7, 11) is -1.68. The molecule has 6 nitrogen and oxygen atoms in total. The van der Waals surface area contributed by atoms with Gasteiger partial charge in [0, 0.05) is 37.3 Å². The maximum Gasteiger partial charge on any atom is 0.254 e. The van der Waals surface area contributed by atoms with Gasteiger partial charge in [-0.05, 0) is 57.9 Å². The minimum absolute atomic E-state index is 0. The van der Waals surface area contributed by atoms with Crippen LogP contribution in [-0.4, -0.2) is 62.3 Å². The second kappa shape index (κ2) is 9.37. The van der Waals surface area contributed by atoms with E-state index in [4.69, 9.17) is 0 Å². The van der Waals surface area contributed by atoms with E-state index in [2.05, 4.69) is 5.32 Å². The number of nitrogens with one attached hydrogen (secondary N) is 1. The van der Waals surface area contributed by atoms with Gasteiger partial charge in [0.15, 0.2) is 0 Å². The Bertz CT molecular complexity index is 756. The van der Waals surface area contributed by atoms with Crippen molar-refractivity contribution in [3.8, 4) is 0 Å². The quantitative estimate of drug-likeness (QED) is 0.802. The van der Waals surface area contributed by atoms with E-state index in [-0.39, 0.29) is 35.3 Å². The van der Waals surface area contributed by atoms with Gasteiger partial charge in [0.1, 0.15) is 0 Å². The summed E-state index contributed by atoms with van der Waals surface area (Å²) in [4.78, 5) is 15.0. The molecule has 27 heavy (non-hydrogen) atoms. The molecule has 0 saturated carbocycles. The Morgan fingerprint density at radius 2 is 1.96 bits per heavy atom. The molecule has 2 atom stereocenters. The zero-order valence-electron chi connectivity index (χ0n) is 16.1. The molecule has 2 saturated heterocycles. The lowest BCUT2D eigenvalue weighted by Crippen LogP contribution is -2.42. The van der Waals surface area contributed by atoms with Crippen LogP contribution in [0.1, 0.15) is 49.4 Å². The normalized spacial score (nSPS) is 23.9. The van der Waals surface area contributed by atoms with Crippen LogP contribution < -0.4 is 5.32 Å². The van der Waals surface area contributed by atoms with E-state index in [1.165, 1.54) is 0 Å². The summed E-state index contributed by atoms with van der Waals surface area (Å²) in [6, 6.07) is 6.73. The predicted molar refractivity (Wildman–Crippen MR) is 109 cm³/mol. The van der Waals surface area contributed by atoms with Gasteiger partial charge in [-0.25, -0.2) is 8.42 Å². The van der Waals surface area contributed by atoms with Crippen molar-refractivity contribution in [3.05, 3.63) is 29.8 Å². The number of halogens is 1. The van der Waals surface area contributed by atoms with Crippen LogP contribution in [0.4, 0.5) is 0 Å². The molecule has 8 heteroatoms. The van der Waals surface area contributed by atoms with Crippen molar-refractivity contribution in [3.63, 3.8) is 0 Å². The van der Waals surface area contributed by atoms with Crippen LogP contribution in [-0.2, 0) is 10.0 Å². The van der Waals surface area contributed by atoms with Crippen LogP contribution >= 0.6 is 12.4 Å². The van der Waals surface area contributed by atoms with E-state index in [1.54, 1.807) is 28.6 Å². The van der Waals surface area contributed by atoms with Gasteiger partial charge in [0.25, 0.3) is 5.91 Å². The largest absolute Gasteiger partial charge is 0.334 e. The van der Waals surface area contributed by atoms with Crippen molar-refractivity contribution >= 4 is 28.3 Å². The zero-order valence-corrected chi connectivity index (χ0v) is 17.7. The molecular weight excluding hydrogens is 386 g/mol. The molecule has 0 bridgehead atoms. The Balaban J connectivity index is 0.00000261. The number of piperidine rings is 1. The van der Waals surface area contributed by atoms with E-state index in [1.807, 2.05) is 18.9 Å². The van der Waals surface area contributed by atoms with Crippen LogP contribution in [0.2, 0.25) is 0 Å². The van der Waals surface area contributed by atoms with Crippen molar-refractivity contribution in [1.82, 2.24) is 14.5 Å². The molecule has 1 N–H and O–H groups in total. The summed E-state index contributed by atoms with van der Waals surface area (Å²) in [5.74, 6) is -0.0773. The molecule has 0 aromatic heterocycles. The predicted octanol–water partition coefficient (Wildman–Crippen LogP) is 2.50. The van der Waals surface area contributed by atoms with Crippen molar-refractivity contribution in [2.75, 3.05) is 26.7 Å². The van der Waals surface area contributed by atoms with E-state index in [0.29, 0.717) is 12.1 Å². The lowest BCUT2D eigenvalue weighted by atomic mass is 10.1. The molecule has 1 aromatic rings. The smallest absolute Gasteiger partial charge is 0.254 e. The van der Waals surface area contributed by atoms with Crippen molar-refractivity contribution in [2.24, 2.45) is 0 Å². The standard InChI is InChI=1S/C19H29N3O3S.ClH/c1-15-7-3-4-12-22(15)26(24,25)18-10-5-8-16(13-18)19(23)21-11-6-9-17(21)14-20-2;/h5,8,10,13,15,17,20H,3-4,6-7,9,11-12,14H2,1-2H3;1H. The third kappa shape index (κ3) is 4.65. The Morgan fingerprint density at radius 3 is 2.67 bits per heavy atom. The lowest BCUT2D eigenvalue weighted by Gasteiger charge is -2.32. The molecular formula is C19H30ClN3O3S. The first-order chi connectivity index (χ1) is 12.4. The molecule has 2 aliphatic rings. The van der Waals surface area contributed by atoms with Crippen LogP contribution in [0.25, 0.3) is 0 Å². The Kier molecular flexibility index (Phi) is 7.68. The number of carbonyl (C=O) groups is 1. The lowest BCUT2D eigenvalue weighted by molar-refractivity contribution is 0.0737. The maximum absolute atomic E-state index is 13.1. The molecule has 2 heterocycles. The molecule has 0 spiro atoms. The average Bonchev–Trinajstić information content (AvgIpc) is 3.10. The fourth-order valence-electron chi connectivity index (χ4n) is 4.07. The number of nitrogens with zero attached hydrogens (tertiary/aromatic N) is 2. The molecule has 152 valence electrons. The molecule has 3 rings (SSSR count). The minimum atomic E-state index is -3.56. The van der Waals surface area contributed by atoms with Gasteiger partial charge >= 0.3 is 0 Å². The highest BCUT2D eigenvalue weighted by atomic mass is 35.5. The van der Waals surface area contributed by atoms with Crippen molar-refractivity contribution < 1.29 is 13.2 Å². The molecule has 2 aliphatic heterocycles. The highest BCUT2D eigenvalue weighted by Crippen LogP contribution is 2.26. The first-order valence-electron chi connectivity index (χ1n) is 9.52. The SMILES string of the molecule is CNCC1CCCN1C(=O)c1cccc(S(=O)(=O)N2CCCCC2C)c1.Cl. The van der Waals surface area contributed by atoms with Gasteiger partial charge in [-0.3, -0.25) is 4.79 Å². The third-order valence-electron chi connectivity index (χ3n) is 5.51. The number of carbonyl (C=O) groups excluding carboxylic acids is 1. The fraction of sp³-hybridized carbons (Fsp3) is 0.632. The highest BCUT2D eigenvalue weighted by Gasteiger charge is 2.33. The molecule has 2 fully saturated rings. The van der Waals surface area contributed by atoms with Crippen molar-refractivity contribution in [2.45, 2.75) is 56.0 Å². The summed E-state index contributed by atoms with van der Waals surface area (Å²) in [6.07, 6.45) is 4.81. The van der Waals surface area contributed by atoms with Gasteiger partial charge in [0.2, 0.25) is 10.0 Å². The summed E-state index contributed by atoms with van der Waals surface area (Å²) in [5, 5.41) is 3.13. The Labute approximate surface area is 168 Å². The highest BCUT2D eigenvalue weighted by molar-refractivity contribution is 7.89. The second-order valence-electron chi connectivity index (χ2n) is 7.34. The number of hydrogen-bond acceptors (Lipinski definition) is 4. The number of benzene rings is 1. The number of likely N-dealkylation sites (tertiary alicyclic amines) is 1. The fourth-order valence-corrected chi connectivity index (χ4v) is 5.82. The Morgan fingerprint density at radius 1 is 1.19 bits per heavy atom. The van der Waals surface area contributed by atoms with Crippen molar-refractivity contribution in [1.29, 1.82) is 0 Å². The second-order valence-corrected chi connectivity index (χ2v) is 9.23. The van der Waals surface area contributed by atoms with Gasteiger partial charge in [-0.1, -0.05) is 12.5 Å². The number of sulfonamides is 1. The average molecular weight is 416 g/mol. The molecule has 1 aromatic carbocycles. The summed E-state index contributed by atoms with van der Waals surface area (Å²) >= 11 is 0. The topological polar surface area (TPSA) is 69.7 Å². The third-order valence-corrected chi connectivity index (χ3v) is 7.52. The van der Waals surface area contributed by atoms with E-state index < -0.39 is 10.0 Å².